The van der Waals surface area contributed by atoms with Crippen molar-refractivity contribution in [1.29, 1.82) is 0 Å². The molecule has 1 aromatic rings. The van der Waals surface area contributed by atoms with Crippen molar-refractivity contribution in [3.63, 3.8) is 0 Å². The van der Waals surface area contributed by atoms with E-state index in [0.29, 0.717) is 6.04 Å². The lowest BCUT2D eigenvalue weighted by atomic mass is 10.1. The molecule has 0 bridgehead atoms. The average Bonchev–Trinajstić information content (AvgIpc) is 2.81. The molecule has 3 heteroatoms. The van der Waals surface area contributed by atoms with Crippen molar-refractivity contribution in [2.45, 2.75) is 46.1 Å². The third-order valence-electron chi connectivity index (χ3n) is 3.13. The highest BCUT2D eigenvalue weighted by Crippen LogP contribution is 2.21. The fraction of sp³-hybridized carbons (Fsp3) is 0.769. The zero-order valence-electron chi connectivity index (χ0n) is 11.1. The van der Waals surface area contributed by atoms with Gasteiger partial charge in [-0.15, -0.1) is 0 Å². The number of piperidine rings is 1. The van der Waals surface area contributed by atoms with E-state index in [1.165, 1.54) is 31.5 Å². The summed E-state index contributed by atoms with van der Waals surface area (Å²) in [5.41, 5.74) is 1.35. The first-order valence-electron chi connectivity index (χ1n) is 6.51. The summed E-state index contributed by atoms with van der Waals surface area (Å²) in [4.78, 5) is 2.39. The number of hydrogen-bond acceptors (Lipinski definition) is 2. The first-order valence-corrected chi connectivity index (χ1v) is 6.51. The largest absolute Gasteiger partial charge is 0.306 e. The van der Waals surface area contributed by atoms with Crippen LogP contribution in [0, 0.1) is 0 Å². The number of aryl methyl sites for hydroxylation is 1. The molecule has 1 saturated heterocycles. The average molecular weight is 223 g/mol. The van der Waals surface area contributed by atoms with E-state index in [1.807, 2.05) is 20.0 Å². The van der Waals surface area contributed by atoms with Crippen molar-refractivity contribution >= 4 is 0 Å². The highest BCUT2D eigenvalue weighted by Gasteiger charge is 2.18. The molecule has 0 unspecified atom stereocenters. The lowest BCUT2D eigenvalue weighted by Crippen LogP contribution is -2.31. The summed E-state index contributed by atoms with van der Waals surface area (Å²) in [6.45, 7) is 8.58. The molecule has 0 aliphatic carbocycles. The Hall–Kier alpha value is -0.830. The van der Waals surface area contributed by atoms with Crippen LogP contribution in [-0.2, 0) is 6.42 Å². The molecule has 0 radical (unpaired) electrons. The van der Waals surface area contributed by atoms with E-state index in [2.05, 4.69) is 34.8 Å². The van der Waals surface area contributed by atoms with E-state index >= 15 is 0 Å². The van der Waals surface area contributed by atoms with Gasteiger partial charge in [0.05, 0.1) is 12.2 Å². The summed E-state index contributed by atoms with van der Waals surface area (Å²) in [6.07, 6.45) is 7.77. The summed E-state index contributed by atoms with van der Waals surface area (Å²) >= 11 is 0. The zero-order valence-corrected chi connectivity index (χ0v) is 11.1. The minimum Gasteiger partial charge on any atom is -0.306 e. The van der Waals surface area contributed by atoms with Crippen molar-refractivity contribution in [3.05, 3.63) is 18.0 Å². The van der Waals surface area contributed by atoms with Gasteiger partial charge in [0.2, 0.25) is 0 Å². The van der Waals surface area contributed by atoms with Crippen LogP contribution in [0.15, 0.2) is 12.4 Å². The van der Waals surface area contributed by atoms with Gasteiger partial charge in [0.1, 0.15) is 0 Å². The van der Waals surface area contributed by atoms with E-state index in [1.54, 1.807) is 0 Å². The van der Waals surface area contributed by atoms with Gasteiger partial charge in [-0.1, -0.05) is 20.8 Å². The summed E-state index contributed by atoms with van der Waals surface area (Å²) in [6, 6.07) is 0.631. The Labute approximate surface area is 99.4 Å². The number of hydrogen-bond donors (Lipinski definition) is 0. The quantitative estimate of drug-likeness (QED) is 0.768. The lowest BCUT2D eigenvalue weighted by Gasteiger charge is -2.28. The van der Waals surface area contributed by atoms with Crippen molar-refractivity contribution in [1.82, 2.24) is 14.7 Å². The maximum absolute atomic E-state index is 4.43. The Kier molecular flexibility index (Phi) is 5.53. The van der Waals surface area contributed by atoms with Crippen LogP contribution in [0.3, 0.4) is 0 Å². The van der Waals surface area contributed by atoms with Gasteiger partial charge in [0.25, 0.3) is 0 Å². The van der Waals surface area contributed by atoms with Crippen LogP contribution in [0.4, 0.5) is 0 Å². The van der Waals surface area contributed by atoms with E-state index < -0.39 is 0 Å². The summed E-state index contributed by atoms with van der Waals surface area (Å²) in [5.74, 6) is 0. The van der Waals surface area contributed by atoms with E-state index in [0.717, 1.165) is 6.42 Å². The Morgan fingerprint density at radius 1 is 1.31 bits per heavy atom. The normalized spacial score (nSPS) is 18.0. The fourth-order valence-corrected chi connectivity index (χ4v) is 2.02. The van der Waals surface area contributed by atoms with Gasteiger partial charge in [-0.25, -0.2) is 0 Å². The molecule has 3 nitrogen and oxygen atoms in total. The Bertz CT molecular complexity index is 285. The molecular weight excluding hydrogens is 198 g/mol. The van der Waals surface area contributed by atoms with Gasteiger partial charge >= 0.3 is 0 Å². The molecule has 2 rings (SSSR count). The van der Waals surface area contributed by atoms with Crippen molar-refractivity contribution in [3.8, 4) is 0 Å². The number of nitrogens with zero attached hydrogens (tertiary/aromatic N) is 3. The van der Waals surface area contributed by atoms with E-state index in [9.17, 15) is 0 Å². The maximum Gasteiger partial charge on any atom is 0.0543 e. The molecule has 1 aliphatic heterocycles. The van der Waals surface area contributed by atoms with Gasteiger partial charge in [-0.2, -0.15) is 5.10 Å². The SMILES string of the molecule is CC.CCc1cnn(C2CCN(C)CC2)c1. The maximum atomic E-state index is 4.43. The fourth-order valence-electron chi connectivity index (χ4n) is 2.02. The van der Waals surface area contributed by atoms with Crippen molar-refractivity contribution in [2.24, 2.45) is 0 Å². The number of rotatable bonds is 2. The molecule has 0 atom stereocenters. The third-order valence-corrected chi connectivity index (χ3v) is 3.13. The van der Waals surface area contributed by atoms with Crippen molar-refractivity contribution in [2.75, 3.05) is 20.1 Å². The van der Waals surface area contributed by atoms with Crippen LogP contribution in [0.2, 0.25) is 0 Å². The van der Waals surface area contributed by atoms with Gasteiger partial charge in [-0.05, 0) is 45.0 Å². The predicted molar refractivity (Wildman–Crippen MR) is 68.7 cm³/mol. The van der Waals surface area contributed by atoms with Crippen LogP contribution in [0.5, 0.6) is 0 Å². The first kappa shape index (κ1) is 13.2. The molecule has 1 aromatic heterocycles. The molecule has 0 aromatic carbocycles. The Balaban J connectivity index is 0.000000606. The summed E-state index contributed by atoms with van der Waals surface area (Å²) < 4.78 is 2.16. The van der Waals surface area contributed by atoms with Crippen LogP contribution in [-0.4, -0.2) is 34.8 Å². The van der Waals surface area contributed by atoms with E-state index in [-0.39, 0.29) is 0 Å². The van der Waals surface area contributed by atoms with Crippen molar-refractivity contribution < 1.29 is 0 Å². The third kappa shape index (κ3) is 3.34. The second kappa shape index (κ2) is 6.69. The molecular formula is C13H25N3. The van der Waals surface area contributed by atoms with Gasteiger partial charge in [-0.3, -0.25) is 4.68 Å². The van der Waals surface area contributed by atoms with Gasteiger partial charge in [0, 0.05) is 6.20 Å². The minimum absolute atomic E-state index is 0.631. The highest BCUT2D eigenvalue weighted by atomic mass is 15.3. The van der Waals surface area contributed by atoms with Crippen LogP contribution in [0.1, 0.15) is 45.2 Å². The minimum atomic E-state index is 0.631. The molecule has 1 fully saturated rings. The van der Waals surface area contributed by atoms with Crippen LogP contribution in [0.25, 0.3) is 0 Å². The molecule has 2 heterocycles. The summed E-state index contributed by atoms with van der Waals surface area (Å²) in [5, 5.41) is 4.43. The molecule has 16 heavy (non-hydrogen) atoms. The highest BCUT2D eigenvalue weighted by molar-refractivity contribution is 5.03. The topological polar surface area (TPSA) is 21.1 Å². The van der Waals surface area contributed by atoms with Crippen LogP contribution < -0.4 is 0 Å². The second-order valence-electron chi connectivity index (χ2n) is 4.22. The Morgan fingerprint density at radius 3 is 2.44 bits per heavy atom. The van der Waals surface area contributed by atoms with E-state index in [4.69, 9.17) is 0 Å². The standard InChI is InChI=1S/C11H19N3.C2H6/c1-3-10-8-12-14(9-10)11-4-6-13(2)7-5-11;1-2/h8-9,11H,3-7H2,1-2H3;1-2H3. The number of likely N-dealkylation sites (tertiary alicyclic amines) is 1. The van der Waals surface area contributed by atoms with Gasteiger partial charge in [0.15, 0.2) is 0 Å². The molecule has 0 amide bonds. The number of aromatic nitrogens is 2. The second-order valence-corrected chi connectivity index (χ2v) is 4.22. The first-order chi connectivity index (χ1) is 7.79. The molecule has 92 valence electrons. The predicted octanol–water partition coefficient (Wildman–Crippen LogP) is 2.74. The molecule has 1 aliphatic rings. The smallest absolute Gasteiger partial charge is 0.0543 e. The monoisotopic (exact) mass is 223 g/mol. The zero-order chi connectivity index (χ0) is 12.0. The van der Waals surface area contributed by atoms with Crippen LogP contribution >= 0.6 is 0 Å². The molecule has 0 spiro atoms. The summed E-state index contributed by atoms with van der Waals surface area (Å²) in [7, 11) is 2.19. The Morgan fingerprint density at radius 2 is 1.94 bits per heavy atom. The molecule has 0 N–H and O–H groups in total. The van der Waals surface area contributed by atoms with Gasteiger partial charge < -0.3 is 4.90 Å². The molecule has 0 saturated carbocycles. The lowest BCUT2D eigenvalue weighted by molar-refractivity contribution is 0.212.